The van der Waals surface area contributed by atoms with Gasteiger partial charge in [-0.2, -0.15) is 5.10 Å². The zero-order valence-corrected chi connectivity index (χ0v) is 19.0. The number of amides is 2. The van der Waals surface area contributed by atoms with Crippen molar-refractivity contribution in [2.24, 2.45) is 11.0 Å². The number of fused-ring (bicyclic) bond motifs is 1. The summed E-state index contributed by atoms with van der Waals surface area (Å²) in [6, 6.07) is -0.177. The molecule has 0 aromatic rings. The number of likely N-dealkylation sites (tertiary alicyclic amines) is 1. The van der Waals surface area contributed by atoms with E-state index in [2.05, 4.69) is 28.8 Å². The van der Waals surface area contributed by atoms with Crippen molar-refractivity contribution in [3.63, 3.8) is 0 Å². The van der Waals surface area contributed by atoms with Crippen LogP contribution < -0.4 is 10.7 Å². The first-order valence-corrected chi connectivity index (χ1v) is 11.0. The average Bonchev–Trinajstić information content (AvgIpc) is 3.49. The lowest BCUT2D eigenvalue weighted by Gasteiger charge is -2.41. The van der Waals surface area contributed by atoms with E-state index in [0.717, 1.165) is 11.4 Å². The van der Waals surface area contributed by atoms with E-state index in [1.807, 2.05) is 32.6 Å². The van der Waals surface area contributed by atoms with Gasteiger partial charge in [-0.3, -0.25) is 4.79 Å². The van der Waals surface area contributed by atoms with Gasteiger partial charge in [-0.25, -0.2) is 10.2 Å². The Hall–Kier alpha value is -2.55. The molecule has 3 heterocycles. The Bertz CT molecular complexity index is 846. The Kier molecular flexibility index (Phi) is 5.72. The van der Waals surface area contributed by atoms with Gasteiger partial charge in [0.25, 0.3) is 5.91 Å². The van der Waals surface area contributed by atoms with Gasteiger partial charge in [-0.1, -0.05) is 0 Å². The van der Waals surface area contributed by atoms with Crippen LogP contribution in [0.4, 0.5) is 4.79 Å². The molecule has 1 atom stereocenters. The number of nitrogens with one attached hydrogen (secondary N) is 2. The molecule has 0 spiro atoms. The standard InChI is InChI=1S/C22H33N5O4/c1-13(15-6-7-15)18(23-16-9-26(10-16)21(29)31-22(3,4)5)8-17-11-30-12-19-24-25-20(28)14(2)27(17)19/h8,14-16,23H,6-7,9-12H2,1-5H3,(H,25,28)/b17-8+,18-13-/t14-/m0/s1. The Balaban J connectivity index is 1.48. The summed E-state index contributed by atoms with van der Waals surface area (Å²) in [5.41, 5.74) is 5.34. The molecular weight excluding hydrogens is 398 g/mol. The molecule has 3 fully saturated rings. The first-order valence-electron chi connectivity index (χ1n) is 11.0. The lowest BCUT2D eigenvalue weighted by atomic mass is 10.0. The molecule has 2 N–H and O–H groups in total. The number of hydrazone groups is 1. The third-order valence-corrected chi connectivity index (χ3v) is 5.95. The minimum Gasteiger partial charge on any atom is -0.444 e. The van der Waals surface area contributed by atoms with E-state index in [0.29, 0.717) is 38.1 Å². The average molecular weight is 432 g/mol. The van der Waals surface area contributed by atoms with Crippen LogP contribution in [0.25, 0.3) is 0 Å². The fourth-order valence-corrected chi connectivity index (χ4v) is 3.99. The molecule has 2 saturated heterocycles. The molecule has 170 valence electrons. The van der Waals surface area contributed by atoms with Gasteiger partial charge >= 0.3 is 6.09 Å². The molecule has 0 radical (unpaired) electrons. The van der Waals surface area contributed by atoms with E-state index < -0.39 is 5.60 Å². The highest BCUT2D eigenvalue weighted by atomic mass is 16.6. The Labute approximate surface area is 183 Å². The molecule has 9 nitrogen and oxygen atoms in total. The topological polar surface area (TPSA) is 95.5 Å². The highest BCUT2D eigenvalue weighted by Gasteiger charge is 2.37. The van der Waals surface area contributed by atoms with Crippen LogP contribution in [0.3, 0.4) is 0 Å². The van der Waals surface area contributed by atoms with Crippen molar-refractivity contribution in [1.82, 2.24) is 20.5 Å². The Morgan fingerprint density at radius 2 is 2.00 bits per heavy atom. The highest BCUT2D eigenvalue weighted by molar-refractivity contribution is 5.96. The molecule has 2 amide bonds. The number of rotatable bonds is 4. The molecule has 4 rings (SSSR count). The Morgan fingerprint density at radius 1 is 1.29 bits per heavy atom. The second kappa shape index (κ2) is 8.18. The minimum absolute atomic E-state index is 0.124. The number of nitrogens with zero attached hydrogens (tertiary/aromatic N) is 3. The van der Waals surface area contributed by atoms with E-state index in [1.165, 1.54) is 18.4 Å². The normalized spacial score (nSPS) is 26.5. The lowest BCUT2D eigenvalue weighted by Crippen LogP contribution is -2.60. The monoisotopic (exact) mass is 431 g/mol. The molecule has 1 saturated carbocycles. The van der Waals surface area contributed by atoms with Crippen LogP contribution in [-0.2, 0) is 14.3 Å². The molecule has 9 heteroatoms. The second-order valence-electron chi connectivity index (χ2n) is 9.78. The van der Waals surface area contributed by atoms with Crippen molar-refractivity contribution < 1.29 is 19.1 Å². The maximum atomic E-state index is 12.2. The number of amidine groups is 1. The number of allylic oxidation sites excluding steroid dienone is 2. The van der Waals surface area contributed by atoms with Crippen LogP contribution in [-0.4, -0.2) is 71.6 Å². The summed E-state index contributed by atoms with van der Waals surface area (Å²) in [6.07, 6.45) is 4.21. The number of hydrogen-bond acceptors (Lipinski definition) is 7. The number of hydrogen-bond donors (Lipinski definition) is 2. The smallest absolute Gasteiger partial charge is 0.410 e. The van der Waals surface area contributed by atoms with E-state index in [4.69, 9.17) is 9.47 Å². The fraction of sp³-hybridized carbons (Fsp3) is 0.682. The van der Waals surface area contributed by atoms with Crippen molar-refractivity contribution in [3.05, 3.63) is 23.0 Å². The molecule has 0 bridgehead atoms. The summed E-state index contributed by atoms with van der Waals surface area (Å²) >= 11 is 0. The van der Waals surface area contributed by atoms with Crippen LogP contribution in [0.2, 0.25) is 0 Å². The van der Waals surface area contributed by atoms with Gasteiger partial charge in [0.1, 0.15) is 18.2 Å². The van der Waals surface area contributed by atoms with Crippen molar-refractivity contribution >= 4 is 17.8 Å². The van der Waals surface area contributed by atoms with E-state index in [9.17, 15) is 9.59 Å². The SMILES string of the molecule is C/C(=C(\C=C1/COCC2=NNC(=O)[C@H](C)N21)NC1CN(C(=O)OC(C)(C)C)C1)C1CC1. The van der Waals surface area contributed by atoms with Gasteiger partial charge in [0.2, 0.25) is 0 Å². The number of ether oxygens (including phenoxy) is 2. The van der Waals surface area contributed by atoms with Gasteiger partial charge < -0.3 is 24.6 Å². The van der Waals surface area contributed by atoms with Gasteiger partial charge in [0.05, 0.1) is 12.6 Å². The molecule has 0 aromatic carbocycles. The molecule has 3 aliphatic heterocycles. The molecule has 4 aliphatic rings. The fourth-order valence-electron chi connectivity index (χ4n) is 3.99. The summed E-state index contributed by atoms with van der Waals surface area (Å²) < 4.78 is 11.2. The third kappa shape index (κ3) is 4.87. The van der Waals surface area contributed by atoms with E-state index >= 15 is 0 Å². The van der Waals surface area contributed by atoms with Crippen LogP contribution in [0.5, 0.6) is 0 Å². The van der Waals surface area contributed by atoms with Crippen LogP contribution in [0.15, 0.2) is 28.1 Å². The third-order valence-electron chi connectivity index (χ3n) is 5.95. The Morgan fingerprint density at radius 3 is 2.65 bits per heavy atom. The van der Waals surface area contributed by atoms with Crippen molar-refractivity contribution in [2.75, 3.05) is 26.3 Å². The minimum atomic E-state index is -0.495. The predicted molar refractivity (Wildman–Crippen MR) is 116 cm³/mol. The molecule has 31 heavy (non-hydrogen) atoms. The van der Waals surface area contributed by atoms with Gasteiger partial charge in [0, 0.05) is 24.5 Å². The summed E-state index contributed by atoms with van der Waals surface area (Å²) in [4.78, 5) is 28.1. The van der Waals surface area contributed by atoms with Gasteiger partial charge in [0.15, 0.2) is 5.84 Å². The van der Waals surface area contributed by atoms with Gasteiger partial charge in [-0.05, 0) is 65.0 Å². The number of carbonyl (C=O) groups is 2. The maximum absolute atomic E-state index is 12.2. The summed E-state index contributed by atoms with van der Waals surface area (Å²) in [5.74, 6) is 1.18. The first-order chi connectivity index (χ1) is 14.6. The van der Waals surface area contributed by atoms with E-state index in [-0.39, 0.29) is 24.1 Å². The summed E-state index contributed by atoms with van der Waals surface area (Å²) in [7, 11) is 0. The molecule has 0 aromatic heterocycles. The highest BCUT2D eigenvalue weighted by Crippen LogP contribution is 2.38. The van der Waals surface area contributed by atoms with Crippen molar-refractivity contribution in [1.29, 1.82) is 0 Å². The molecular formula is C22H33N5O4. The predicted octanol–water partition coefficient (Wildman–Crippen LogP) is 1.93. The van der Waals surface area contributed by atoms with Crippen LogP contribution >= 0.6 is 0 Å². The summed E-state index contributed by atoms with van der Waals surface area (Å²) in [6.45, 7) is 11.7. The molecule has 0 unspecified atom stereocenters. The van der Waals surface area contributed by atoms with E-state index in [1.54, 1.807) is 4.90 Å². The van der Waals surface area contributed by atoms with Crippen molar-refractivity contribution in [3.8, 4) is 0 Å². The number of morpholine rings is 1. The quantitative estimate of drug-likeness (QED) is 0.706. The van der Waals surface area contributed by atoms with Crippen molar-refractivity contribution in [2.45, 2.75) is 65.1 Å². The zero-order chi connectivity index (χ0) is 22.3. The number of carbonyl (C=O) groups excluding carboxylic acids is 2. The molecule has 1 aliphatic carbocycles. The zero-order valence-electron chi connectivity index (χ0n) is 19.0. The largest absolute Gasteiger partial charge is 0.444 e. The summed E-state index contributed by atoms with van der Waals surface area (Å²) in [5, 5.41) is 7.78. The lowest BCUT2D eigenvalue weighted by molar-refractivity contribution is -0.125. The van der Waals surface area contributed by atoms with Crippen LogP contribution in [0, 0.1) is 5.92 Å². The second-order valence-corrected chi connectivity index (χ2v) is 9.78. The van der Waals surface area contributed by atoms with Gasteiger partial charge in [-0.15, -0.1) is 0 Å². The maximum Gasteiger partial charge on any atom is 0.410 e. The van der Waals surface area contributed by atoms with Crippen LogP contribution in [0.1, 0.15) is 47.5 Å². The first kappa shape index (κ1) is 21.7.